The molecule has 7 heteroatoms. The molecule has 2 amide bonds. The molecule has 0 aromatic heterocycles. The molecule has 0 spiro atoms. The molecule has 5 nitrogen and oxygen atoms in total. The van der Waals surface area contributed by atoms with Gasteiger partial charge in [0, 0.05) is 38.3 Å². The maximum atomic E-state index is 14.3. The Kier molecular flexibility index (Phi) is 7.82. The molecule has 0 aliphatic carbocycles. The Labute approximate surface area is 228 Å². The van der Waals surface area contributed by atoms with Crippen LogP contribution in [0, 0.1) is 31.5 Å². The van der Waals surface area contributed by atoms with Gasteiger partial charge in [0.25, 0.3) is 11.8 Å². The van der Waals surface area contributed by atoms with Crippen molar-refractivity contribution in [2.24, 2.45) is 11.8 Å². The van der Waals surface area contributed by atoms with E-state index in [1.54, 1.807) is 11.0 Å². The van der Waals surface area contributed by atoms with E-state index in [-0.39, 0.29) is 28.4 Å². The number of aryl methyl sites for hydroxylation is 2. The summed E-state index contributed by atoms with van der Waals surface area (Å²) in [7, 11) is 0. The summed E-state index contributed by atoms with van der Waals surface area (Å²) in [4.78, 5) is 30.5. The van der Waals surface area contributed by atoms with Crippen molar-refractivity contribution in [1.29, 1.82) is 0 Å². The molecule has 3 unspecified atom stereocenters. The zero-order valence-corrected chi connectivity index (χ0v) is 22.5. The lowest BCUT2D eigenvalue weighted by molar-refractivity contribution is 0.0769. The number of rotatable bonds is 7. The van der Waals surface area contributed by atoms with Gasteiger partial charge < -0.3 is 15.1 Å². The summed E-state index contributed by atoms with van der Waals surface area (Å²) in [5.74, 6) is -0.245. The minimum Gasteiger partial charge on any atom is -0.345 e. The topological polar surface area (TPSA) is 52.7 Å². The molecule has 0 radical (unpaired) electrons. The zero-order valence-electron chi connectivity index (χ0n) is 21.8. The molecule has 2 heterocycles. The summed E-state index contributed by atoms with van der Waals surface area (Å²) in [6.07, 6.45) is 0.785. The summed E-state index contributed by atoms with van der Waals surface area (Å²) in [5.41, 5.74) is 3.74. The molecule has 3 aromatic carbocycles. The number of likely N-dealkylation sites (tertiary alicyclic amines) is 2. The fourth-order valence-electron chi connectivity index (χ4n) is 6.02. The van der Waals surface area contributed by atoms with Crippen molar-refractivity contribution in [3.05, 3.63) is 105 Å². The number of fused-ring (bicyclic) bond motifs is 1. The smallest absolute Gasteiger partial charge is 0.258 e. The number of halogens is 2. The number of hydrogen-bond acceptors (Lipinski definition) is 3. The third kappa shape index (κ3) is 5.47. The van der Waals surface area contributed by atoms with Gasteiger partial charge in [-0.15, -0.1) is 0 Å². The van der Waals surface area contributed by atoms with E-state index in [1.165, 1.54) is 12.1 Å². The van der Waals surface area contributed by atoms with E-state index in [2.05, 4.69) is 22.3 Å². The summed E-state index contributed by atoms with van der Waals surface area (Å²) in [5, 5.41) is 3.45. The van der Waals surface area contributed by atoms with Crippen LogP contribution in [0.15, 0.2) is 66.7 Å². The number of amides is 2. The number of carbonyl (C=O) groups excluding carboxylic acids is 2. The zero-order chi connectivity index (χ0) is 26.8. The molecule has 0 saturated carbocycles. The van der Waals surface area contributed by atoms with Crippen molar-refractivity contribution in [3.8, 4) is 0 Å². The summed E-state index contributed by atoms with van der Waals surface area (Å²) < 4.78 is 14.3. The highest BCUT2D eigenvalue weighted by molar-refractivity contribution is 6.33. The van der Waals surface area contributed by atoms with Crippen molar-refractivity contribution in [2.45, 2.75) is 26.3 Å². The Morgan fingerprint density at radius 2 is 1.53 bits per heavy atom. The van der Waals surface area contributed by atoms with E-state index in [4.69, 9.17) is 11.6 Å². The Balaban J connectivity index is 1.21. The lowest BCUT2D eigenvalue weighted by atomic mass is 9.99. The minimum absolute atomic E-state index is 0.0312. The maximum absolute atomic E-state index is 14.3. The van der Waals surface area contributed by atoms with Gasteiger partial charge in [-0.25, -0.2) is 4.39 Å². The van der Waals surface area contributed by atoms with Crippen molar-refractivity contribution >= 4 is 23.4 Å². The van der Waals surface area contributed by atoms with E-state index >= 15 is 0 Å². The second kappa shape index (κ2) is 11.3. The van der Waals surface area contributed by atoms with E-state index in [0.29, 0.717) is 24.9 Å². The van der Waals surface area contributed by atoms with Crippen LogP contribution in [-0.2, 0) is 0 Å². The first-order valence-electron chi connectivity index (χ1n) is 13.2. The fraction of sp³-hybridized carbons (Fsp3) is 0.355. The number of nitrogens with zero attached hydrogens (tertiary/aromatic N) is 2. The van der Waals surface area contributed by atoms with Crippen molar-refractivity contribution in [1.82, 2.24) is 15.1 Å². The van der Waals surface area contributed by atoms with E-state index in [1.807, 2.05) is 50.2 Å². The van der Waals surface area contributed by atoms with E-state index in [9.17, 15) is 14.0 Å². The Bertz CT molecular complexity index is 1280. The number of carbonyl (C=O) groups is 2. The molecule has 2 saturated heterocycles. The van der Waals surface area contributed by atoms with Gasteiger partial charge in [-0.1, -0.05) is 66.2 Å². The molecule has 3 atom stereocenters. The SMILES string of the molecule is Cc1cccc(C)c1C(=O)NC(CCN1CC2CN(C(=O)c3c(F)cccc3Cl)CC2C1)c1ccccc1. The van der Waals surface area contributed by atoms with Gasteiger partial charge in [0.1, 0.15) is 5.82 Å². The average Bonchev–Trinajstić information content (AvgIpc) is 3.46. The molecule has 2 fully saturated rings. The first-order valence-corrected chi connectivity index (χ1v) is 13.6. The van der Waals surface area contributed by atoms with Crippen LogP contribution < -0.4 is 5.32 Å². The van der Waals surface area contributed by atoms with Crippen LogP contribution in [0.1, 0.15) is 49.9 Å². The van der Waals surface area contributed by atoms with Gasteiger partial charge in [-0.2, -0.15) is 0 Å². The van der Waals surface area contributed by atoms with Gasteiger partial charge in [-0.3, -0.25) is 9.59 Å². The predicted molar refractivity (Wildman–Crippen MR) is 148 cm³/mol. The van der Waals surface area contributed by atoms with Crippen LogP contribution in [0.3, 0.4) is 0 Å². The summed E-state index contributed by atoms with van der Waals surface area (Å²) >= 11 is 6.13. The summed E-state index contributed by atoms with van der Waals surface area (Å²) in [6.45, 7) is 7.75. The Morgan fingerprint density at radius 1 is 0.895 bits per heavy atom. The predicted octanol–water partition coefficient (Wildman–Crippen LogP) is 5.66. The molecule has 2 aliphatic rings. The molecule has 198 valence electrons. The van der Waals surface area contributed by atoms with Crippen LogP contribution in [0.4, 0.5) is 4.39 Å². The standard InChI is InChI=1S/C31H33ClFN3O2/c1-20-8-6-9-21(2)28(20)30(37)34-27(22-10-4-3-5-11-22)14-15-35-16-23-18-36(19-24(23)17-35)31(38)29-25(32)12-7-13-26(29)33/h3-13,23-24,27H,14-19H2,1-2H3,(H,34,37). The lowest BCUT2D eigenvalue weighted by Gasteiger charge is -2.25. The van der Waals surface area contributed by atoms with Crippen molar-refractivity contribution in [2.75, 3.05) is 32.7 Å². The highest BCUT2D eigenvalue weighted by Crippen LogP contribution is 2.34. The van der Waals surface area contributed by atoms with Crippen molar-refractivity contribution in [3.63, 3.8) is 0 Å². The maximum Gasteiger partial charge on any atom is 0.258 e. The first kappa shape index (κ1) is 26.4. The molecule has 1 N–H and O–H groups in total. The minimum atomic E-state index is -0.573. The number of benzene rings is 3. The second-order valence-corrected chi connectivity index (χ2v) is 11.0. The van der Waals surface area contributed by atoms with Crippen LogP contribution in [0.25, 0.3) is 0 Å². The Hall–Kier alpha value is -3.22. The first-order chi connectivity index (χ1) is 18.3. The number of nitrogens with one attached hydrogen (secondary N) is 1. The molecular formula is C31H33ClFN3O2. The van der Waals surface area contributed by atoms with Crippen LogP contribution in [0.2, 0.25) is 5.02 Å². The lowest BCUT2D eigenvalue weighted by Crippen LogP contribution is -2.36. The number of hydrogen-bond donors (Lipinski definition) is 1. The summed E-state index contributed by atoms with van der Waals surface area (Å²) in [6, 6.07) is 20.3. The Morgan fingerprint density at radius 3 is 2.16 bits per heavy atom. The van der Waals surface area contributed by atoms with Crippen LogP contribution in [0.5, 0.6) is 0 Å². The average molecular weight is 534 g/mol. The molecule has 38 heavy (non-hydrogen) atoms. The monoisotopic (exact) mass is 533 g/mol. The van der Waals surface area contributed by atoms with E-state index < -0.39 is 5.82 Å². The fourth-order valence-corrected chi connectivity index (χ4v) is 6.26. The van der Waals surface area contributed by atoms with Crippen molar-refractivity contribution < 1.29 is 14.0 Å². The van der Waals surface area contributed by atoms with Gasteiger partial charge >= 0.3 is 0 Å². The second-order valence-electron chi connectivity index (χ2n) is 10.6. The largest absolute Gasteiger partial charge is 0.345 e. The molecule has 3 aromatic rings. The third-order valence-corrected chi connectivity index (χ3v) is 8.29. The van der Waals surface area contributed by atoms with E-state index in [0.717, 1.165) is 48.3 Å². The molecular weight excluding hydrogens is 501 g/mol. The van der Waals surface area contributed by atoms with Crippen LogP contribution >= 0.6 is 11.6 Å². The van der Waals surface area contributed by atoms with Gasteiger partial charge in [0.2, 0.25) is 0 Å². The highest BCUT2D eigenvalue weighted by Gasteiger charge is 2.42. The highest BCUT2D eigenvalue weighted by atomic mass is 35.5. The third-order valence-electron chi connectivity index (χ3n) is 7.98. The quantitative estimate of drug-likeness (QED) is 0.426. The van der Waals surface area contributed by atoms with Gasteiger partial charge in [0.15, 0.2) is 0 Å². The van der Waals surface area contributed by atoms with Gasteiger partial charge in [-0.05, 0) is 60.9 Å². The molecule has 2 aliphatic heterocycles. The molecule has 0 bridgehead atoms. The molecule has 5 rings (SSSR count). The normalized spacial score (nSPS) is 19.8. The van der Waals surface area contributed by atoms with Crippen LogP contribution in [-0.4, -0.2) is 54.3 Å². The van der Waals surface area contributed by atoms with Gasteiger partial charge in [0.05, 0.1) is 16.6 Å².